The van der Waals surface area contributed by atoms with Gasteiger partial charge in [-0.1, -0.05) is 18.2 Å². The van der Waals surface area contributed by atoms with E-state index in [1.54, 1.807) is 12.1 Å². The van der Waals surface area contributed by atoms with Gasteiger partial charge in [0.05, 0.1) is 6.61 Å². The minimum Gasteiger partial charge on any atom is -0.494 e. The first-order chi connectivity index (χ1) is 11.6. The molecule has 1 heterocycles. The van der Waals surface area contributed by atoms with Crippen LogP contribution in [0.3, 0.4) is 0 Å². The van der Waals surface area contributed by atoms with E-state index in [0.29, 0.717) is 37.2 Å². The average molecular weight is 395 g/mol. The summed E-state index contributed by atoms with van der Waals surface area (Å²) in [4.78, 5) is 23.4. The van der Waals surface area contributed by atoms with Crippen LogP contribution in [0, 0.1) is 0 Å². The highest BCUT2D eigenvalue weighted by Gasteiger charge is 2.09. The fourth-order valence-electron chi connectivity index (χ4n) is 1.93. The van der Waals surface area contributed by atoms with Crippen LogP contribution in [-0.4, -0.2) is 31.5 Å². The van der Waals surface area contributed by atoms with Gasteiger partial charge in [0, 0.05) is 19.5 Å². The Labute approximate surface area is 148 Å². The molecule has 0 fully saturated rings. The van der Waals surface area contributed by atoms with Gasteiger partial charge < -0.3 is 19.8 Å². The maximum Gasteiger partial charge on any atom is 0.287 e. The molecule has 0 aliphatic heterocycles. The number of carbonyl (C=O) groups is 2. The van der Waals surface area contributed by atoms with Gasteiger partial charge in [-0.15, -0.1) is 0 Å². The summed E-state index contributed by atoms with van der Waals surface area (Å²) in [6, 6.07) is 12.7. The van der Waals surface area contributed by atoms with Crippen molar-refractivity contribution in [1.82, 2.24) is 10.6 Å². The fraction of sp³-hybridized carbons (Fsp3) is 0.294. The summed E-state index contributed by atoms with van der Waals surface area (Å²) in [6.45, 7) is 1.19. The molecule has 2 aromatic rings. The number of benzene rings is 1. The molecule has 128 valence electrons. The molecule has 0 unspecified atom stereocenters. The summed E-state index contributed by atoms with van der Waals surface area (Å²) in [5.74, 6) is 0.643. The van der Waals surface area contributed by atoms with E-state index in [0.717, 1.165) is 5.75 Å². The lowest BCUT2D eigenvalue weighted by molar-refractivity contribution is -0.121. The van der Waals surface area contributed by atoms with Gasteiger partial charge in [0.15, 0.2) is 10.4 Å². The molecule has 2 rings (SSSR count). The quantitative estimate of drug-likeness (QED) is 0.640. The van der Waals surface area contributed by atoms with Gasteiger partial charge in [0.25, 0.3) is 5.91 Å². The van der Waals surface area contributed by atoms with Crippen LogP contribution in [0.5, 0.6) is 5.75 Å². The molecule has 0 atom stereocenters. The number of para-hydroxylation sites is 1. The van der Waals surface area contributed by atoms with Crippen LogP contribution >= 0.6 is 15.9 Å². The SMILES string of the molecule is O=C(CCCOc1ccccc1)NCCNC(=O)c1ccc(Br)o1. The van der Waals surface area contributed by atoms with Gasteiger partial charge in [-0.05, 0) is 46.6 Å². The molecule has 0 saturated carbocycles. The minimum atomic E-state index is -0.314. The molecule has 0 aliphatic carbocycles. The second-order valence-corrected chi connectivity index (χ2v) is 5.76. The molecule has 24 heavy (non-hydrogen) atoms. The molecule has 1 aromatic heterocycles. The van der Waals surface area contributed by atoms with Crippen LogP contribution in [0.1, 0.15) is 23.4 Å². The Bertz CT molecular complexity index is 658. The lowest BCUT2D eigenvalue weighted by atomic mass is 10.3. The molecular weight excluding hydrogens is 376 g/mol. The van der Waals surface area contributed by atoms with Gasteiger partial charge in [-0.25, -0.2) is 0 Å². The van der Waals surface area contributed by atoms with E-state index >= 15 is 0 Å². The third-order valence-corrected chi connectivity index (χ3v) is 3.52. The lowest BCUT2D eigenvalue weighted by Gasteiger charge is -2.07. The smallest absolute Gasteiger partial charge is 0.287 e. The molecule has 6 nitrogen and oxygen atoms in total. The number of furan rings is 1. The molecule has 0 aliphatic rings. The zero-order chi connectivity index (χ0) is 17.2. The maximum absolute atomic E-state index is 11.7. The molecule has 0 spiro atoms. The predicted octanol–water partition coefficient (Wildman–Crippen LogP) is 2.75. The van der Waals surface area contributed by atoms with E-state index in [1.807, 2.05) is 30.3 Å². The topological polar surface area (TPSA) is 80.6 Å². The highest BCUT2D eigenvalue weighted by molar-refractivity contribution is 9.10. The summed E-state index contributed by atoms with van der Waals surface area (Å²) in [6.07, 6.45) is 1.01. The number of amides is 2. The van der Waals surface area contributed by atoms with E-state index in [4.69, 9.17) is 9.15 Å². The van der Waals surface area contributed by atoms with Gasteiger partial charge >= 0.3 is 0 Å². The maximum atomic E-state index is 11.7. The van der Waals surface area contributed by atoms with E-state index in [2.05, 4.69) is 26.6 Å². The van der Waals surface area contributed by atoms with E-state index in [1.165, 1.54) is 0 Å². The second-order valence-electron chi connectivity index (χ2n) is 4.97. The van der Waals surface area contributed by atoms with Crippen LogP contribution in [-0.2, 0) is 4.79 Å². The van der Waals surface area contributed by atoms with Crippen molar-refractivity contribution < 1.29 is 18.7 Å². The summed E-state index contributed by atoms with van der Waals surface area (Å²) in [5.41, 5.74) is 0. The minimum absolute atomic E-state index is 0.0679. The Kier molecular flexibility index (Phi) is 7.35. The Morgan fingerprint density at radius 3 is 2.50 bits per heavy atom. The molecule has 2 amide bonds. The largest absolute Gasteiger partial charge is 0.494 e. The highest BCUT2D eigenvalue weighted by atomic mass is 79.9. The van der Waals surface area contributed by atoms with Crippen molar-refractivity contribution in [3.05, 3.63) is 52.9 Å². The van der Waals surface area contributed by atoms with Gasteiger partial charge in [0.1, 0.15) is 5.75 Å². The van der Waals surface area contributed by atoms with E-state index in [9.17, 15) is 9.59 Å². The van der Waals surface area contributed by atoms with Crippen LogP contribution in [0.25, 0.3) is 0 Å². The average Bonchev–Trinajstić information content (AvgIpc) is 3.03. The summed E-state index contributed by atoms with van der Waals surface area (Å²) < 4.78 is 11.1. The molecule has 2 N–H and O–H groups in total. The molecule has 1 aromatic carbocycles. The van der Waals surface area contributed by atoms with Crippen molar-refractivity contribution in [2.75, 3.05) is 19.7 Å². The summed E-state index contributed by atoms with van der Waals surface area (Å²) >= 11 is 3.13. The number of halogens is 1. The van der Waals surface area contributed by atoms with Crippen molar-refractivity contribution in [1.29, 1.82) is 0 Å². The fourth-order valence-corrected chi connectivity index (χ4v) is 2.24. The first-order valence-corrected chi connectivity index (χ1v) is 8.42. The van der Waals surface area contributed by atoms with Crippen molar-refractivity contribution in [3.8, 4) is 5.75 Å². The summed E-state index contributed by atoms with van der Waals surface area (Å²) in [5, 5.41) is 5.41. The zero-order valence-electron chi connectivity index (χ0n) is 13.1. The molecule has 0 saturated heterocycles. The van der Waals surface area contributed by atoms with Gasteiger partial charge in [-0.3, -0.25) is 9.59 Å². The molecular formula is C17H19BrN2O4. The first-order valence-electron chi connectivity index (χ1n) is 7.63. The zero-order valence-corrected chi connectivity index (χ0v) is 14.7. The number of rotatable bonds is 9. The third kappa shape index (κ3) is 6.45. The Morgan fingerprint density at radius 2 is 1.79 bits per heavy atom. The normalized spacial score (nSPS) is 10.2. The Morgan fingerprint density at radius 1 is 1.04 bits per heavy atom. The van der Waals surface area contributed by atoms with Gasteiger partial charge in [-0.2, -0.15) is 0 Å². The monoisotopic (exact) mass is 394 g/mol. The third-order valence-electron chi connectivity index (χ3n) is 3.09. The standard InChI is InChI=1S/C17H19BrN2O4/c18-15-9-8-14(24-15)17(22)20-11-10-19-16(21)7-4-12-23-13-5-2-1-3-6-13/h1-3,5-6,8-9H,4,7,10-12H2,(H,19,21)(H,20,22). The number of nitrogens with one attached hydrogen (secondary N) is 2. The van der Waals surface area contributed by atoms with Crippen LogP contribution in [0.15, 0.2) is 51.6 Å². The number of carbonyl (C=O) groups excluding carboxylic acids is 2. The van der Waals surface area contributed by atoms with Crippen molar-refractivity contribution in [3.63, 3.8) is 0 Å². The lowest BCUT2D eigenvalue weighted by Crippen LogP contribution is -2.34. The molecule has 0 bridgehead atoms. The Hall–Kier alpha value is -2.28. The van der Waals surface area contributed by atoms with Crippen molar-refractivity contribution >= 4 is 27.7 Å². The number of hydrogen-bond donors (Lipinski definition) is 2. The van der Waals surface area contributed by atoms with Gasteiger partial charge in [0.2, 0.25) is 5.91 Å². The van der Waals surface area contributed by atoms with Crippen LogP contribution in [0.2, 0.25) is 0 Å². The van der Waals surface area contributed by atoms with E-state index < -0.39 is 0 Å². The van der Waals surface area contributed by atoms with E-state index in [-0.39, 0.29) is 17.6 Å². The van der Waals surface area contributed by atoms with Crippen LogP contribution < -0.4 is 15.4 Å². The van der Waals surface area contributed by atoms with Crippen LogP contribution in [0.4, 0.5) is 0 Å². The molecule has 0 radical (unpaired) electrons. The summed E-state index contributed by atoms with van der Waals surface area (Å²) in [7, 11) is 0. The number of ether oxygens (including phenoxy) is 1. The highest BCUT2D eigenvalue weighted by Crippen LogP contribution is 2.13. The predicted molar refractivity (Wildman–Crippen MR) is 92.9 cm³/mol. The first kappa shape index (κ1) is 18.1. The molecule has 7 heteroatoms. The van der Waals surface area contributed by atoms with Crippen molar-refractivity contribution in [2.24, 2.45) is 0 Å². The second kappa shape index (κ2) is 9.77. The Balaban J connectivity index is 1.51. The number of hydrogen-bond acceptors (Lipinski definition) is 4. The van der Waals surface area contributed by atoms with Crippen molar-refractivity contribution in [2.45, 2.75) is 12.8 Å².